The summed E-state index contributed by atoms with van der Waals surface area (Å²) in [4.78, 5) is 139. The first-order valence-corrected chi connectivity index (χ1v) is 26.1. The number of amides is 10. The summed E-state index contributed by atoms with van der Waals surface area (Å²) in [5.74, 6) is -9.19. The summed E-state index contributed by atoms with van der Waals surface area (Å²) >= 11 is 0. The van der Waals surface area contributed by atoms with E-state index in [9.17, 15) is 58.2 Å². The zero-order valence-corrected chi connectivity index (χ0v) is 44.8. The lowest BCUT2D eigenvalue weighted by atomic mass is 9.99. The Kier molecular flexibility index (Phi) is 26.8. The van der Waals surface area contributed by atoms with Crippen molar-refractivity contribution in [1.29, 1.82) is 0 Å². The Morgan fingerprint density at radius 1 is 0.571 bits per heavy atom. The zero-order chi connectivity index (χ0) is 57.5. The Balaban J connectivity index is 2.06. The fourth-order valence-corrected chi connectivity index (χ4v) is 8.38. The van der Waals surface area contributed by atoms with E-state index in [-0.39, 0.29) is 82.1 Å². The van der Waals surface area contributed by atoms with Gasteiger partial charge in [-0.25, -0.2) is 0 Å². The van der Waals surface area contributed by atoms with E-state index in [1.807, 2.05) is 12.1 Å². The van der Waals surface area contributed by atoms with Crippen LogP contribution in [0.25, 0.3) is 10.8 Å². The molecule has 1 aliphatic heterocycles. The third-order valence-electron chi connectivity index (χ3n) is 12.5. The lowest BCUT2D eigenvalue weighted by Gasteiger charge is -2.29. The summed E-state index contributed by atoms with van der Waals surface area (Å²) in [6.45, 7) is 8.65. The van der Waals surface area contributed by atoms with Crippen LogP contribution in [0.5, 0.6) is 0 Å². The molecule has 0 bridgehead atoms. The van der Waals surface area contributed by atoms with Gasteiger partial charge in [0.1, 0.15) is 54.4 Å². The van der Waals surface area contributed by atoms with Crippen LogP contribution in [0.4, 0.5) is 0 Å². The summed E-state index contributed by atoms with van der Waals surface area (Å²) in [7, 11) is 0. The lowest BCUT2D eigenvalue weighted by Crippen LogP contribution is -2.61. The minimum absolute atomic E-state index is 0.0583. The normalized spacial score (nSPS) is 23.4. The summed E-state index contributed by atoms with van der Waals surface area (Å²) in [5, 5.41) is 48.6. The van der Waals surface area contributed by atoms with Gasteiger partial charge in [-0.3, -0.25) is 47.9 Å². The van der Waals surface area contributed by atoms with E-state index in [0.717, 1.165) is 10.8 Å². The SMILES string of the molecule is CC(C)CC1NC(=O)C(CCN)NC(=O)C(NC(=O)C(CCN)NC(=O)C(NC(=O)c2ccc3ccccc3c2)C(C)O)CCNC(=O)C(C(C)O)NC(=O)C(CCN)NC(=O)C(CCN)NC(=O)C(CC(C)C)NC1=O. The van der Waals surface area contributed by atoms with E-state index >= 15 is 0 Å². The van der Waals surface area contributed by atoms with Crippen LogP contribution < -0.4 is 76.1 Å². The highest BCUT2D eigenvalue weighted by atomic mass is 16.3. The maximum atomic E-state index is 14.4. The Labute approximate surface area is 448 Å². The predicted octanol–water partition coefficient (Wildman–Crippen LogP) is -4.41. The smallest absolute Gasteiger partial charge is 0.252 e. The second-order valence-corrected chi connectivity index (χ2v) is 20.1. The summed E-state index contributed by atoms with van der Waals surface area (Å²) in [6, 6.07) is -0.901. The van der Waals surface area contributed by atoms with Gasteiger partial charge in [0.05, 0.1) is 12.2 Å². The van der Waals surface area contributed by atoms with Gasteiger partial charge in [-0.05, 0) is 120 Å². The van der Waals surface area contributed by atoms with E-state index in [1.165, 1.54) is 13.8 Å². The number of carbonyl (C=O) groups is 10. The van der Waals surface area contributed by atoms with Crippen LogP contribution in [-0.4, -0.2) is 169 Å². The van der Waals surface area contributed by atoms with Gasteiger partial charge in [0, 0.05) is 12.1 Å². The van der Waals surface area contributed by atoms with Crippen molar-refractivity contribution in [1.82, 2.24) is 53.2 Å². The first-order valence-electron chi connectivity index (χ1n) is 26.1. The molecule has 11 unspecified atom stereocenters. The van der Waals surface area contributed by atoms with Crippen molar-refractivity contribution in [3.8, 4) is 0 Å². The molecule has 1 saturated heterocycles. The maximum Gasteiger partial charge on any atom is 0.252 e. The molecule has 2 aromatic carbocycles. The highest BCUT2D eigenvalue weighted by Crippen LogP contribution is 2.17. The standard InChI is InChI=1S/C51H82N14O12/c1-26(2)23-38-48(74)59-33(13-18-52)43(69)58-36(16-21-55)47(73)65-40(28(5)66)50(76)56-22-17-37(46(72)57-34(14-19-53)45(71)62-39(24-27(3)4)49(75)63-38)60-44(70)35(15-20-54)61-51(77)41(29(6)67)64-42(68)32-12-11-30-9-7-8-10-31(30)25-32/h7-12,25-29,33-41,66-67H,13-24,52-55H2,1-6H3,(H,56,76)(H,57,72)(H,58,69)(H,59,74)(H,60,70)(H,61,77)(H,62,71)(H,63,75)(H,64,68)(H,65,73). The summed E-state index contributed by atoms with van der Waals surface area (Å²) in [6.07, 6.45) is -3.97. The van der Waals surface area contributed by atoms with E-state index in [1.54, 1.807) is 58.0 Å². The van der Waals surface area contributed by atoms with Gasteiger partial charge in [-0.1, -0.05) is 58.0 Å². The van der Waals surface area contributed by atoms with Gasteiger partial charge in [0.15, 0.2) is 0 Å². The number of hydrogen-bond donors (Lipinski definition) is 16. The van der Waals surface area contributed by atoms with Crippen molar-refractivity contribution < 1.29 is 58.2 Å². The number of fused-ring (bicyclic) bond motifs is 1. The first-order chi connectivity index (χ1) is 36.4. The number of benzene rings is 2. The molecule has 0 saturated carbocycles. The van der Waals surface area contributed by atoms with Crippen LogP contribution in [0.1, 0.15) is 96.8 Å². The third kappa shape index (κ3) is 20.6. The third-order valence-corrected chi connectivity index (χ3v) is 12.5. The highest BCUT2D eigenvalue weighted by Gasteiger charge is 2.37. The summed E-state index contributed by atoms with van der Waals surface area (Å²) in [5.41, 5.74) is 23.6. The van der Waals surface area contributed by atoms with Crippen molar-refractivity contribution in [2.45, 2.75) is 153 Å². The first kappa shape index (κ1) is 64.4. The fraction of sp³-hybridized carbons (Fsp3) is 0.608. The van der Waals surface area contributed by atoms with Crippen LogP contribution in [0, 0.1) is 11.8 Å². The van der Waals surface area contributed by atoms with Gasteiger partial charge >= 0.3 is 0 Å². The monoisotopic (exact) mass is 1080 g/mol. The fourth-order valence-electron chi connectivity index (χ4n) is 8.38. The number of rotatable bonds is 20. The topological polar surface area (TPSA) is 436 Å². The minimum Gasteiger partial charge on any atom is -0.391 e. The lowest BCUT2D eigenvalue weighted by molar-refractivity contribution is -0.136. The molecule has 26 heteroatoms. The number of nitrogens with one attached hydrogen (secondary N) is 10. The summed E-state index contributed by atoms with van der Waals surface area (Å²) < 4.78 is 0. The molecule has 1 aliphatic rings. The molecule has 1 fully saturated rings. The Morgan fingerprint density at radius 3 is 1.51 bits per heavy atom. The van der Waals surface area contributed by atoms with Crippen LogP contribution in [-0.2, 0) is 43.2 Å². The second-order valence-electron chi connectivity index (χ2n) is 20.1. The van der Waals surface area contributed by atoms with Crippen LogP contribution in [0.2, 0.25) is 0 Å². The molecule has 10 amide bonds. The van der Waals surface area contributed by atoms with Crippen LogP contribution >= 0.6 is 0 Å². The van der Waals surface area contributed by atoms with Crippen molar-refractivity contribution >= 4 is 69.8 Å². The van der Waals surface area contributed by atoms with Gasteiger partial charge in [0.2, 0.25) is 53.2 Å². The van der Waals surface area contributed by atoms with E-state index in [4.69, 9.17) is 22.9 Å². The van der Waals surface area contributed by atoms with Crippen molar-refractivity contribution in [3.63, 3.8) is 0 Å². The predicted molar refractivity (Wildman–Crippen MR) is 285 cm³/mol. The molecule has 0 aliphatic carbocycles. The molecule has 77 heavy (non-hydrogen) atoms. The number of aliphatic hydroxyl groups is 2. The Morgan fingerprint density at radius 2 is 1.04 bits per heavy atom. The molecule has 26 nitrogen and oxygen atoms in total. The number of aliphatic hydroxyl groups excluding tert-OH is 2. The van der Waals surface area contributed by atoms with Gasteiger partial charge in [0.25, 0.3) is 5.91 Å². The maximum absolute atomic E-state index is 14.4. The molecule has 20 N–H and O–H groups in total. The largest absolute Gasteiger partial charge is 0.391 e. The Bertz CT molecular complexity index is 2350. The van der Waals surface area contributed by atoms with Gasteiger partial charge in [-0.2, -0.15) is 0 Å². The molecular formula is C51H82N14O12. The molecule has 0 spiro atoms. The van der Waals surface area contributed by atoms with E-state index < -0.39 is 139 Å². The average molecular weight is 1080 g/mol. The van der Waals surface area contributed by atoms with Crippen LogP contribution in [0.3, 0.4) is 0 Å². The van der Waals surface area contributed by atoms with Crippen molar-refractivity contribution in [3.05, 3.63) is 48.0 Å². The zero-order valence-electron chi connectivity index (χ0n) is 44.8. The van der Waals surface area contributed by atoms with Gasteiger partial charge < -0.3 is 86.3 Å². The van der Waals surface area contributed by atoms with E-state index in [2.05, 4.69) is 53.2 Å². The van der Waals surface area contributed by atoms with Crippen molar-refractivity contribution in [2.24, 2.45) is 34.8 Å². The highest BCUT2D eigenvalue weighted by molar-refractivity contribution is 6.02. The quantitative estimate of drug-likeness (QED) is 0.0595. The molecule has 1 heterocycles. The second kappa shape index (κ2) is 32.0. The van der Waals surface area contributed by atoms with E-state index in [0.29, 0.717) is 0 Å². The van der Waals surface area contributed by atoms with Crippen molar-refractivity contribution in [2.75, 3.05) is 32.7 Å². The average Bonchev–Trinajstić information content (AvgIpc) is 3.36. The number of hydrogen-bond acceptors (Lipinski definition) is 16. The molecule has 0 radical (unpaired) electrons. The molecule has 3 rings (SSSR count). The van der Waals surface area contributed by atoms with Gasteiger partial charge in [-0.15, -0.1) is 0 Å². The number of nitrogens with two attached hydrogens (primary N) is 4. The Hall–Kier alpha value is -6.84. The number of carbonyl (C=O) groups excluding carboxylic acids is 10. The molecule has 428 valence electrons. The molecular weight excluding hydrogens is 1000 g/mol. The molecule has 0 aromatic heterocycles. The molecule has 11 atom stereocenters. The minimum atomic E-state index is -1.66. The molecule has 2 aromatic rings. The van der Waals surface area contributed by atoms with Crippen LogP contribution in [0.15, 0.2) is 42.5 Å².